The van der Waals surface area contributed by atoms with Crippen LogP contribution in [0.2, 0.25) is 0 Å². The number of amidine groups is 1. The number of carbonyl (C=O) groups excluding carboxylic acids is 2. The normalized spacial score (nSPS) is 16.2. The van der Waals surface area contributed by atoms with Gasteiger partial charge in [0, 0.05) is 52.1 Å². The van der Waals surface area contributed by atoms with E-state index in [-0.39, 0.29) is 30.6 Å². The zero-order valence-electron chi connectivity index (χ0n) is 21.6. The predicted molar refractivity (Wildman–Crippen MR) is 139 cm³/mol. The van der Waals surface area contributed by atoms with E-state index < -0.39 is 27.9 Å². The average molecular weight is 543 g/mol. The van der Waals surface area contributed by atoms with Gasteiger partial charge in [-0.2, -0.15) is 22.4 Å². The fourth-order valence-electron chi connectivity index (χ4n) is 4.20. The van der Waals surface area contributed by atoms with Crippen LogP contribution in [-0.4, -0.2) is 77.1 Å². The van der Waals surface area contributed by atoms with Gasteiger partial charge in [-0.05, 0) is 25.0 Å². The Morgan fingerprint density at radius 1 is 1.21 bits per heavy atom. The van der Waals surface area contributed by atoms with Crippen molar-refractivity contribution in [1.29, 1.82) is 5.41 Å². The number of piperidine rings is 1. The molecule has 0 bridgehead atoms. The molecule has 3 N–H and O–H groups in total. The first-order valence-corrected chi connectivity index (χ1v) is 13.2. The fourth-order valence-corrected chi connectivity index (χ4v) is 5.27. The number of hydrogen-bond donors (Lipinski definition) is 2. The van der Waals surface area contributed by atoms with Crippen molar-refractivity contribution in [2.24, 2.45) is 5.73 Å². The first-order chi connectivity index (χ1) is 17.9. The summed E-state index contributed by atoms with van der Waals surface area (Å²) in [5, 5.41) is 12.0. The van der Waals surface area contributed by atoms with Crippen molar-refractivity contribution in [2.45, 2.75) is 32.2 Å². The second kappa shape index (κ2) is 10.4. The molecule has 1 unspecified atom stereocenters. The van der Waals surface area contributed by atoms with E-state index in [1.165, 1.54) is 25.0 Å². The minimum Gasteiger partial charge on any atom is -0.469 e. The summed E-state index contributed by atoms with van der Waals surface area (Å²) in [6, 6.07) is 8.69. The van der Waals surface area contributed by atoms with E-state index in [1.54, 1.807) is 37.1 Å². The molecule has 1 saturated heterocycles. The standard InChI is InChI=1S/C24H30N8O5S/c1-15-19(10-12-37-15)23(34)32-24(30(4)14-16-5-7-17(8-6-16)21(25)26)27-22(28-32)18-9-11-31(20(33)13-18)38(35,36)29(2)3/h5-8,10,12,18H,9,11,13-14H2,1-4H3,(H3,25,26). The monoisotopic (exact) mass is 542 g/mol. The van der Waals surface area contributed by atoms with Gasteiger partial charge in [-0.1, -0.05) is 24.3 Å². The predicted octanol–water partition coefficient (Wildman–Crippen LogP) is 1.30. The number of hydrogen-bond acceptors (Lipinski definition) is 9. The second-order valence-corrected chi connectivity index (χ2v) is 11.4. The number of anilines is 1. The second-order valence-electron chi connectivity index (χ2n) is 9.29. The summed E-state index contributed by atoms with van der Waals surface area (Å²) in [4.78, 5) is 32.6. The van der Waals surface area contributed by atoms with Gasteiger partial charge in [0.2, 0.25) is 11.9 Å². The summed E-state index contributed by atoms with van der Waals surface area (Å²) in [5.74, 6) is -0.517. The van der Waals surface area contributed by atoms with Crippen molar-refractivity contribution < 1.29 is 22.4 Å². The van der Waals surface area contributed by atoms with E-state index in [2.05, 4.69) is 10.1 Å². The largest absolute Gasteiger partial charge is 0.469 e. The Morgan fingerprint density at radius 3 is 2.45 bits per heavy atom. The zero-order valence-corrected chi connectivity index (χ0v) is 22.4. The molecule has 1 amide bonds. The van der Waals surface area contributed by atoms with Crippen LogP contribution in [0.15, 0.2) is 41.0 Å². The molecule has 2 aromatic heterocycles. The Kier molecular flexibility index (Phi) is 7.37. The van der Waals surface area contributed by atoms with Crippen LogP contribution in [0.1, 0.15) is 51.8 Å². The van der Waals surface area contributed by atoms with Gasteiger partial charge in [-0.15, -0.1) is 5.10 Å². The van der Waals surface area contributed by atoms with Crippen molar-refractivity contribution in [3.8, 4) is 0 Å². The lowest BCUT2D eigenvalue weighted by Crippen LogP contribution is -2.47. The van der Waals surface area contributed by atoms with Crippen molar-refractivity contribution >= 4 is 33.8 Å². The van der Waals surface area contributed by atoms with E-state index in [9.17, 15) is 18.0 Å². The molecule has 0 saturated carbocycles. The van der Waals surface area contributed by atoms with Crippen LogP contribution in [0, 0.1) is 12.3 Å². The number of nitrogens with zero attached hydrogens (tertiary/aromatic N) is 6. The van der Waals surface area contributed by atoms with Gasteiger partial charge in [0.1, 0.15) is 11.6 Å². The highest BCUT2D eigenvalue weighted by Gasteiger charge is 2.38. The van der Waals surface area contributed by atoms with E-state index in [0.29, 0.717) is 29.9 Å². The fraction of sp³-hybridized carbons (Fsp3) is 0.375. The van der Waals surface area contributed by atoms with Gasteiger partial charge in [0.15, 0.2) is 5.82 Å². The number of benzene rings is 1. The molecule has 202 valence electrons. The van der Waals surface area contributed by atoms with E-state index in [0.717, 1.165) is 14.2 Å². The van der Waals surface area contributed by atoms with Gasteiger partial charge in [-0.3, -0.25) is 15.0 Å². The lowest BCUT2D eigenvalue weighted by atomic mass is 9.97. The maximum absolute atomic E-state index is 13.4. The van der Waals surface area contributed by atoms with Crippen molar-refractivity contribution in [1.82, 2.24) is 23.4 Å². The first-order valence-electron chi connectivity index (χ1n) is 11.8. The molecule has 13 nitrogen and oxygen atoms in total. The highest BCUT2D eigenvalue weighted by molar-refractivity contribution is 7.87. The summed E-state index contributed by atoms with van der Waals surface area (Å²) in [7, 11) is 0.620. The van der Waals surface area contributed by atoms with Crippen LogP contribution >= 0.6 is 0 Å². The van der Waals surface area contributed by atoms with Gasteiger partial charge >= 0.3 is 10.2 Å². The summed E-state index contributed by atoms with van der Waals surface area (Å²) in [6.45, 7) is 2.03. The molecule has 0 radical (unpaired) electrons. The number of nitrogen functional groups attached to an aromatic ring is 1. The highest BCUT2D eigenvalue weighted by Crippen LogP contribution is 2.30. The highest BCUT2D eigenvalue weighted by atomic mass is 32.2. The Morgan fingerprint density at radius 2 is 1.89 bits per heavy atom. The third kappa shape index (κ3) is 5.17. The molecule has 14 heteroatoms. The number of rotatable bonds is 8. The third-order valence-corrected chi connectivity index (χ3v) is 8.27. The molecule has 3 heterocycles. The lowest BCUT2D eigenvalue weighted by Gasteiger charge is -2.31. The minimum atomic E-state index is -3.88. The number of aryl methyl sites for hydroxylation is 1. The van der Waals surface area contributed by atoms with Gasteiger partial charge in [0.25, 0.3) is 5.91 Å². The summed E-state index contributed by atoms with van der Waals surface area (Å²) in [6.07, 6.45) is 1.63. The number of carbonyl (C=O) groups is 2. The number of nitrogens with one attached hydrogen (secondary N) is 1. The molecular weight excluding hydrogens is 512 g/mol. The van der Waals surface area contributed by atoms with Gasteiger partial charge in [-0.25, -0.2) is 4.31 Å². The summed E-state index contributed by atoms with van der Waals surface area (Å²) in [5.41, 5.74) is 7.35. The lowest BCUT2D eigenvalue weighted by molar-refractivity contribution is -0.128. The van der Waals surface area contributed by atoms with Crippen LogP contribution in [0.25, 0.3) is 0 Å². The number of amides is 1. The first kappa shape index (κ1) is 27.0. The summed E-state index contributed by atoms with van der Waals surface area (Å²) < 4.78 is 33.3. The van der Waals surface area contributed by atoms with Gasteiger partial charge in [0.05, 0.1) is 11.8 Å². The maximum Gasteiger partial charge on any atom is 0.305 e. The molecule has 38 heavy (non-hydrogen) atoms. The van der Waals surface area contributed by atoms with Crippen molar-refractivity contribution in [3.63, 3.8) is 0 Å². The smallest absolute Gasteiger partial charge is 0.305 e. The van der Waals surface area contributed by atoms with Crippen LogP contribution in [0.3, 0.4) is 0 Å². The van der Waals surface area contributed by atoms with Crippen LogP contribution in [0.5, 0.6) is 0 Å². The van der Waals surface area contributed by atoms with Gasteiger partial charge < -0.3 is 15.1 Å². The van der Waals surface area contributed by atoms with Crippen molar-refractivity contribution in [2.75, 3.05) is 32.6 Å². The number of aromatic nitrogens is 3. The number of nitrogens with two attached hydrogens (primary N) is 1. The minimum absolute atomic E-state index is 0.0129. The molecule has 1 aromatic carbocycles. The molecule has 0 aliphatic carbocycles. The van der Waals surface area contributed by atoms with Crippen LogP contribution in [-0.2, 0) is 21.5 Å². The van der Waals surface area contributed by atoms with Crippen molar-refractivity contribution in [3.05, 3.63) is 64.9 Å². The molecule has 1 aliphatic rings. The molecular formula is C24H30N8O5S. The third-order valence-electron chi connectivity index (χ3n) is 6.40. The quantitative estimate of drug-likeness (QED) is 0.314. The molecule has 3 aromatic rings. The Hall–Kier alpha value is -4.04. The zero-order chi connectivity index (χ0) is 27.8. The topological polar surface area (TPSA) is 172 Å². The van der Waals surface area contributed by atoms with E-state index in [4.69, 9.17) is 15.6 Å². The molecule has 1 atom stereocenters. The Labute approximate surface area is 220 Å². The van der Waals surface area contributed by atoms with E-state index >= 15 is 0 Å². The molecule has 0 spiro atoms. The maximum atomic E-state index is 13.4. The Balaban J connectivity index is 1.64. The van der Waals surface area contributed by atoms with E-state index in [1.807, 2.05) is 12.1 Å². The average Bonchev–Trinajstić information content (AvgIpc) is 3.50. The number of furan rings is 1. The molecule has 4 rings (SSSR count). The summed E-state index contributed by atoms with van der Waals surface area (Å²) >= 11 is 0. The van der Waals surface area contributed by atoms with Crippen LogP contribution in [0.4, 0.5) is 5.95 Å². The SMILES string of the molecule is Cc1occc1C(=O)n1nc(C2CCN(S(=O)(=O)N(C)C)C(=O)C2)nc1N(C)Cc1ccc(C(=N)N)cc1. The Bertz CT molecular complexity index is 1480. The molecule has 1 aliphatic heterocycles. The molecule has 1 fully saturated rings. The van der Waals surface area contributed by atoms with Crippen LogP contribution < -0.4 is 10.6 Å².